The number of rotatable bonds is 3. The second kappa shape index (κ2) is 7.54. The van der Waals surface area contributed by atoms with Crippen LogP contribution >= 0.6 is 11.6 Å². The Labute approximate surface area is 170 Å². The molecule has 154 valence electrons. The number of hydrogen-bond acceptors (Lipinski definition) is 2. The van der Waals surface area contributed by atoms with E-state index in [1.165, 1.54) is 0 Å². The third-order valence-electron chi connectivity index (χ3n) is 5.81. The average molecular weight is 424 g/mol. The zero-order valence-electron chi connectivity index (χ0n) is 15.8. The van der Waals surface area contributed by atoms with E-state index in [1.54, 1.807) is 34.9 Å². The fourth-order valence-corrected chi connectivity index (χ4v) is 4.32. The SMILES string of the molecule is CC(c1ccc(C(F)(F)F)cc1)N1CCC(n2c(=O)[nH]c3ccc(Cl)cc32)CC1. The first-order chi connectivity index (χ1) is 13.7. The van der Waals surface area contributed by atoms with Crippen LogP contribution in [0.25, 0.3) is 11.0 Å². The quantitative estimate of drug-likeness (QED) is 0.612. The van der Waals surface area contributed by atoms with Gasteiger partial charge in [0.25, 0.3) is 0 Å². The Kier molecular flexibility index (Phi) is 5.21. The number of aromatic nitrogens is 2. The summed E-state index contributed by atoms with van der Waals surface area (Å²) in [6.07, 6.45) is -2.76. The lowest BCUT2D eigenvalue weighted by molar-refractivity contribution is -0.137. The van der Waals surface area contributed by atoms with Crippen LogP contribution in [0.15, 0.2) is 47.3 Å². The minimum atomic E-state index is -4.32. The number of imidazole rings is 1. The molecule has 1 aliphatic rings. The van der Waals surface area contributed by atoms with E-state index in [0.717, 1.165) is 54.7 Å². The third-order valence-corrected chi connectivity index (χ3v) is 6.05. The van der Waals surface area contributed by atoms with Gasteiger partial charge in [-0.3, -0.25) is 9.47 Å². The molecule has 0 spiro atoms. The summed E-state index contributed by atoms with van der Waals surface area (Å²) in [6, 6.07) is 10.8. The zero-order valence-corrected chi connectivity index (χ0v) is 16.6. The number of piperidine rings is 1. The van der Waals surface area contributed by atoms with E-state index in [1.807, 2.05) is 6.92 Å². The molecule has 1 unspecified atom stereocenters. The van der Waals surface area contributed by atoms with Crippen molar-refractivity contribution in [3.05, 3.63) is 69.1 Å². The van der Waals surface area contributed by atoms with Gasteiger partial charge in [-0.2, -0.15) is 13.2 Å². The number of benzene rings is 2. The standard InChI is InChI=1S/C21H21ClF3N3O/c1-13(14-2-4-15(5-3-14)21(23,24)25)27-10-8-17(9-11-27)28-19-12-16(22)6-7-18(19)26-20(28)29/h2-7,12-13,17H,8-11H2,1H3,(H,26,29). The molecule has 1 N–H and O–H groups in total. The Morgan fingerprint density at radius 3 is 2.38 bits per heavy atom. The van der Waals surface area contributed by atoms with E-state index < -0.39 is 11.7 Å². The molecule has 1 aliphatic heterocycles. The molecule has 29 heavy (non-hydrogen) atoms. The van der Waals surface area contributed by atoms with Crippen LogP contribution in [0.2, 0.25) is 5.02 Å². The fourth-order valence-electron chi connectivity index (χ4n) is 4.15. The topological polar surface area (TPSA) is 41.0 Å². The van der Waals surface area contributed by atoms with Crippen LogP contribution in [0.5, 0.6) is 0 Å². The Hall–Kier alpha value is -2.25. The first-order valence-electron chi connectivity index (χ1n) is 9.55. The largest absolute Gasteiger partial charge is 0.416 e. The maximum Gasteiger partial charge on any atom is 0.416 e. The van der Waals surface area contributed by atoms with Gasteiger partial charge in [-0.05, 0) is 55.7 Å². The zero-order chi connectivity index (χ0) is 20.8. The predicted molar refractivity (Wildman–Crippen MR) is 107 cm³/mol. The normalized spacial score (nSPS) is 17.7. The van der Waals surface area contributed by atoms with Crippen LogP contribution in [0.4, 0.5) is 13.2 Å². The minimum Gasteiger partial charge on any atom is -0.306 e. The van der Waals surface area contributed by atoms with Crippen molar-refractivity contribution < 1.29 is 13.2 Å². The lowest BCUT2D eigenvalue weighted by Gasteiger charge is -2.36. The number of nitrogens with zero attached hydrogens (tertiary/aromatic N) is 2. The Morgan fingerprint density at radius 1 is 1.10 bits per heavy atom. The lowest BCUT2D eigenvalue weighted by atomic mass is 9.99. The highest BCUT2D eigenvalue weighted by molar-refractivity contribution is 6.31. The Morgan fingerprint density at radius 2 is 1.76 bits per heavy atom. The lowest BCUT2D eigenvalue weighted by Crippen LogP contribution is -2.38. The molecule has 0 aliphatic carbocycles. The van der Waals surface area contributed by atoms with Gasteiger partial charge >= 0.3 is 11.9 Å². The van der Waals surface area contributed by atoms with Crippen LogP contribution in [-0.4, -0.2) is 27.5 Å². The van der Waals surface area contributed by atoms with Crippen molar-refractivity contribution in [2.45, 2.75) is 38.0 Å². The van der Waals surface area contributed by atoms with Crippen molar-refractivity contribution in [3.63, 3.8) is 0 Å². The van der Waals surface area contributed by atoms with Crippen LogP contribution in [0.1, 0.15) is 43.0 Å². The predicted octanol–water partition coefficient (Wildman–Crippen LogP) is 5.40. The number of nitrogens with one attached hydrogen (secondary N) is 1. The van der Waals surface area contributed by atoms with Crippen molar-refractivity contribution >= 4 is 22.6 Å². The van der Waals surface area contributed by atoms with Gasteiger partial charge in [0.1, 0.15) is 0 Å². The van der Waals surface area contributed by atoms with E-state index >= 15 is 0 Å². The number of hydrogen-bond donors (Lipinski definition) is 1. The Bertz CT molecular complexity index is 1060. The van der Waals surface area contributed by atoms with E-state index in [9.17, 15) is 18.0 Å². The highest BCUT2D eigenvalue weighted by atomic mass is 35.5. The van der Waals surface area contributed by atoms with Gasteiger partial charge in [0.15, 0.2) is 0 Å². The van der Waals surface area contributed by atoms with Crippen LogP contribution in [0.3, 0.4) is 0 Å². The van der Waals surface area contributed by atoms with Gasteiger partial charge in [0, 0.05) is 30.2 Å². The number of H-pyrrole nitrogens is 1. The van der Waals surface area contributed by atoms with Crippen LogP contribution in [0, 0.1) is 0 Å². The summed E-state index contributed by atoms with van der Waals surface area (Å²) >= 11 is 6.10. The summed E-state index contributed by atoms with van der Waals surface area (Å²) in [6.45, 7) is 3.51. The van der Waals surface area contributed by atoms with Crippen molar-refractivity contribution in [1.82, 2.24) is 14.5 Å². The van der Waals surface area contributed by atoms with Gasteiger partial charge in [-0.15, -0.1) is 0 Å². The number of fused-ring (bicyclic) bond motifs is 1. The summed E-state index contributed by atoms with van der Waals surface area (Å²) in [5.74, 6) is 0. The highest BCUT2D eigenvalue weighted by Crippen LogP contribution is 2.33. The summed E-state index contributed by atoms with van der Waals surface area (Å²) < 4.78 is 40.1. The molecule has 1 aromatic heterocycles. The summed E-state index contributed by atoms with van der Waals surface area (Å²) in [7, 11) is 0. The molecule has 1 atom stereocenters. The molecule has 3 aromatic rings. The summed E-state index contributed by atoms with van der Waals surface area (Å²) in [4.78, 5) is 17.6. The van der Waals surface area contributed by atoms with E-state index in [4.69, 9.17) is 11.6 Å². The molecule has 8 heteroatoms. The van der Waals surface area contributed by atoms with Gasteiger partial charge in [0.2, 0.25) is 0 Å². The Balaban J connectivity index is 1.48. The number of halogens is 4. The maximum atomic E-state index is 12.8. The van der Waals surface area contributed by atoms with Gasteiger partial charge < -0.3 is 4.98 Å². The highest BCUT2D eigenvalue weighted by Gasteiger charge is 2.31. The molecular formula is C21H21ClF3N3O. The molecule has 2 aromatic carbocycles. The molecule has 1 saturated heterocycles. The molecule has 2 heterocycles. The van der Waals surface area contributed by atoms with E-state index in [2.05, 4.69) is 9.88 Å². The molecular weight excluding hydrogens is 403 g/mol. The number of likely N-dealkylation sites (tertiary alicyclic amines) is 1. The first kappa shape index (κ1) is 20.0. The molecule has 4 rings (SSSR count). The van der Waals surface area contributed by atoms with Crippen LogP contribution in [-0.2, 0) is 6.18 Å². The molecule has 0 radical (unpaired) electrons. The smallest absolute Gasteiger partial charge is 0.306 e. The van der Waals surface area contributed by atoms with Crippen LogP contribution < -0.4 is 5.69 Å². The summed E-state index contributed by atoms with van der Waals surface area (Å²) in [5, 5.41) is 0.582. The van der Waals surface area contributed by atoms with E-state index in [-0.39, 0.29) is 17.8 Å². The second-order valence-electron chi connectivity index (χ2n) is 7.52. The monoisotopic (exact) mass is 423 g/mol. The number of aromatic amines is 1. The minimum absolute atomic E-state index is 0.00682. The van der Waals surface area contributed by atoms with Crippen molar-refractivity contribution in [1.29, 1.82) is 0 Å². The van der Waals surface area contributed by atoms with Crippen molar-refractivity contribution in [2.75, 3.05) is 13.1 Å². The van der Waals surface area contributed by atoms with E-state index in [0.29, 0.717) is 5.02 Å². The van der Waals surface area contributed by atoms with Crippen molar-refractivity contribution in [2.24, 2.45) is 0 Å². The molecule has 0 bridgehead atoms. The molecule has 4 nitrogen and oxygen atoms in total. The summed E-state index contributed by atoms with van der Waals surface area (Å²) in [5.41, 5.74) is 1.64. The van der Waals surface area contributed by atoms with Gasteiger partial charge in [-0.25, -0.2) is 4.79 Å². The van der Waals surface area contributed by atoms with Gasteiger partial charge in [-0.1, -0.05) is 23.7 Å². The first-order valence-corrected chi connectivity index (χ1v) is 9.93. The molecule has 0 amide bonds. The third kappa shape index (κ3) is 3.94. The molecule has 0 saturated carbocycles. The second-order valence-corrected chi connectivity index (χ2v) is 7.96. The average Bonchev–Trinajstić information content (AvgIpc) is 3.02. The maximum absolute atomic E-state index is 12.8. The number of alkyl halides is 3. The molecule has 1 fully saturated rings. The van der Waals surface area contributed by atoms with Crippen molar-refractivity contribution in [3.8, 4) is 0 Å². The fraction of sp³-hybridized carbons (Fsp3) is 0.381. The van der Waals surface area contributed by atoms with Gasteiger partial charge in [0.05, 0.1) is 16.6 Å².